The average molecular weight is 476 g/mol. The number of rotatable bonds is 8. The Hall–Kier alpha value is -3.30. The summed E-state index contributed by atoms with van der Waals surface area (Å²) in [5.74, 6) is -9.80. The summed E-state index contributed by atoms with van der Waals surface area (Å²) < 4.78 is 120. The van der Waals surface area contributed by atoms with E-state index in [1.54, 1.807) is 6.07 Å². The van der Waals surface area contributed by atoms with E-state index in [1.807, 2.05) is 6.92 Å². The van der Waals surface area contributed by atoms with Crippen molar-refractivity contribution in [1.82, 2.24) is 0 Å². The van der Waals surface area contributed by atoms with Crippen molar-refractivity contribution in [1.29, 1.82) is 0 Å². The lowest BCUT2D eigenvalue weighted by Gasteiger charge is -2.20. The number of halogens is 8. The molecule has 0 bridgehead atoms. The molecule has 0 amide bonds. The van der Waals surface area contributed by atoms with Crippen LogP contribution in [0.25, 0.3) is 11.1 Å². The highest BCUT2D eigenvalue weighted by molar-refractivity contribution is 5.65. The molecule has 0 spiro atoms. The number of alkyl halides is 3. The zero-order chi connectivity index (χ0) is 24.3. The lowest BCUT2D eigenvalue weighted by Crippen LogP contribution is -2.25. The molecule has 0 fully saturated rings. The molecule has 0 aromatic heterocycles. The first-order valence-corrected chi connectivity index (χ1v) is 9.60. The van der Waals surface area contributed by atoms with Gasteiger partial charge in [-0.3, -0.25) is 0 Å². The maximum absolute atomic E-state index is 14.5. The largest absolute Gasteiger partial charge is 0.457 e. The second-order valence-corrected chi connectivity index (χ2v) is 6.97. The third-order valence-electron chi connectivity index (χ3n) is 4.63. The van der Waals surface area contributed by atoms with Gasteiger partial charge in [0, 0.05) is 17.7 Å². The van der Waals surface area contributed by atoms with Gasteiger partial charge in [-0.05, 0) is 35.7 Å². The van der Waals surface area contributed by atoms with Crippen molar-refractivity contribution in [3.05, 3.63) is 82.7 Å². The minimum absolute atomic E-state index is 0.212. The van der Waals surface area contributed by atoms with Gasteiger partial charge in [0.15, 0.2) is 17.4 Å². The number of benzene rings is 3. The Morgan fingerprint density at radius 2 is 1.39 bits per heavy atom. The Morgan fingerprint density at radius 1 is 0.788 bits per heavy atom. The van der Waals surface area contributed by atoms with Crippen LogP contribution in [-0.2, 0) is 12.5 Å². The van der Waals surface area contributed by atoms with Crippen LogP contribution in [0.3, 0.4) is 0 Å². The Kier molecular flexibility index (Phi) is 7.14. The van der Waals surface area contributed by atoms with Crippen molar-refractivity contribution in [2.24, 2.45) is 0 Å². The fourth-order valence-electron chi connectivity index (χ4n) is 3.23. The van der Waals surface area contributed by atoms with Gasteiger partial charge in [-0.2, -0.15) is 8.78 Å². The molecular formula is C23H16F8O2. The third-order valence-corrected chi connectivity index (χ3v) is 4.63. The van der Waals surface area contributed by atoms with E-state index in [1.165, 1.54) is 12.1 Å². The van der Waals surface area contributed by atoms with Crippen molar-refractivity contribution >= 4 is 0 Å². The normalized spacial score (nSPS) is 11.5. The van der Waals surface area contributed by atoms with Gasteiger partial charge >= 0.3 is 6.11 Å². The Morgan fingerprint density at radius 3 is 1.91 bits per heavy atom. The van der Waals surface area contributed by atoms with Crippen molar-refractivity contribution in [3.8, 4) is 22.6 Å². The summed E-state index contributed by atoms with van der Waals surface area (Å²) >= 11 is 0. The number of hydrogen-bond donors (Lipinski definition) is 0. The van der Waals surface area contributed by atoms with Gasteiger partial charge < -0.3 is 9.47 Å². The minimum Gasteiger partial charge on any atom is -0.457 e. The van der Waals surface area contributed by atoms with Crippen LogP contribution in [-0.4, -0.2) is 6.86 Å². The van der Waals surface area contributed by atoms with E-state index in [0.717, 1.165) is 6.42 Å². The number of aryl methyl sites for hydroxylation is 1. The van der Waals surface area contributed by atoms with E-state index in [2.05, 4.69) is 9.47 Å². The fourth-order valence-corrected chi connectivity index (χ4v) is 3.23. The first-order valence-electron chi connectivity index (χ1n) is 9.60. The molecule has 0 aliphatic carbocycles. The molecule has 2 nitrogen and oxygen atoms in total. The van der Waals surface area contributed by atoms with Crippen LogP contribution in [0.2, 0.25) is 0 Å². The minimum atomic E-state index is -4.71. The summed E-state index contributed by atoms with van der Waals surface area (Å²) in [6.45, 7) is 0.293. The molecule has 3 rings (SSSR count). The van der Waals surface area contributed by atoms with Gasteiger partial charge in [0.1, 0.15) is 28.8 Å². The van der Waals surface area contributed by atoms with Gasteiger partial charge in [-0.1, -0.05) is 25.5 Å². The number of hydrogen-bond acceptors (Lipinski definition) is 2. The molecule has 176 valence electrons. The molecule has 0 atom stereocenters. The van der Waals surface area contributed by atoms with Crippen molar-refractivity contribution in [3.63, 3.8) is 0 Å². The molecule has 0 aliphatic rings. The Balaban J connectivity index is 1.95. The smallest absolute Gasteiger partial charge is 0.432 e. The van der Waals surface area contributed by atoms with Gasteiger partial charge in [-0.15, -0.1) is 0 Å². The van der Waals surface area contributed by atoms with E-state index >= 15 is 0 Å². The van der Waals surface area contributed by atoms with Crippen molar-refractivity contribution < 1.29 is 44.6 Å². The lowest BCUT2D eigenvalue weighted by molar-refractivity contribution is -0.189. The summed E-state index contributed by atoms with van der Waals surface area (Å²) in [5, 5.41) is 0. The van der Waals surface area contributed by atoms with E-state index in [9.17, 15) is 35.1 Å². The van der Waals surface area contributed by atoms with Crippen molar-refractivity contribution in [2.45, 2.75) is 25.9 Å². The van der Waals surface area contributed by atoms with Gasteiger partial charge in [0.05, 0.1) is 0 Å². The van der Waals surface area contributed by atoms with Crippen LogP contribution in [0.15, 0.2) is 42.5 Å². The predicted molar refractivity (Wildman–Crippen MR) is 103 cm³/mol. The molecule has 0 saturated carbocycles. The van der Waals surface area contributed by atoms with E-state index < -0.39 is 59.1 Å². The summed E-state index contributed by atoms with van der Waals surface area (Å²) in [7, 11) is 0. The standard InChI is InChI=1S/C23H16F8O2/c1-2-3-12-4-5-15(16(25)6-12)13-7-17(26)21(18(27)8-13)23(30,31)33-14-9-19(28)22(32-11-24)20(29)10-14/h4-10H,2-3,11H2,1H3. The van der Waals surface area contributed by atoms with Crippen LogP contribution in [0, 0.1) is 29.1 Å². The molecule has 0 N–H and O–H groups in total. The van der Waals surface area contributed by atoms with Gasteiger partial charge in [0.2, 0.25) is 6.86 Å². The molecule has 10 heteroatoms. The van der Waals surface area contributed by atoms with Crippen LogP contribution in [0.1, 0.15) is 24.5 Å². The van der Waals surface area contributed by atoms with Crippen LogP contribution >= 0.6 is 0 Å². The van der Waals surface area contributed by atoms with Crippen molar-refractivity contribution in [2.75, 3.05) is 6.86 Å². The molecule has 0 aliphatic heterocycles. The monoisotopic (exact) mass is 476 g/mol. The van der Waals surface area contributed by atoms with E-state index in [4.69, 9.17) is 0 Å². The van der Waals surface area contributed by atoms with Gasteiger partial charge in [-0.25, -0.2) is 26.3 Å². The summed E-state index contributed by atoms with van der Waals surface area (Å²) in [4.78, 5) is 0. The molecule has 0 heterocycles. The summed E-state index contributed by atoms with van der Waals surface area (Å²) in [6.07, 6.45) is -3.40. The topological polar surface area (TPSA) is 18.5 Å². The Bertz CT molecular complexity index is 1120. The highest BCUT2D eigenvalue weighted by atomic mass is 19.3. The van der Waals surface area contributed by atoms with E-state index in [0.29, 0.717) is 24.1 Å². The highest BCUT2D eigenvalue weighted by Crippen LogP contribution is 2.39. The van der Waals surface area contributed by atoms with Crippen LogP contribution in [0.5, 0.6) is 11.5 Å². The maximum Gasteiger partial charge on any atom is 0.432 e. The maximum atomic E-state index is 14.5. The first kappa shape index (κ1) is 24.3. The van der Waals surface area contributed by atoms with Crippen LogP contribution in [0.4, 0.5) is 35.1 Å². The predicted octanol–water partition coefficient (Wildman–Crippen LogP) is 7.44. The summed E-state index contributed by atoms with van der Waals surface area (Å²) in [6, 6.07) is 5.45. The first-order chi connectivity index (χ1) is 15.6. The molecule has 33 heavy (non-hydrogen) atoms. The lowest BCUT2D eigenvalue weighted by atomic mass is 9.99. The third kappa shape index (κ3) is 5.20. The van der Waals surface area contributed by atoms with Crippen LogP contribution < -0.4 is 9.47 Å². The fraction of sp³-hybridized carbons (Fsp3) is 0.217. The zero-order valence-electron chi connectivity index (χ0n) is 17.0. The Labute approximate surface area is 183 Å². The molecule has 3 aromatic rings. The summed E-state index contributed by atoms with van der Waals surface area (Å²) in [5.41, 5.74) is -1.75. The molecule has 0 saturated heterocycles. The second kappa shape index (κ2) is 9.68. The molecule has 0 unspecified atom stereocenters. The highest BCUT2D eigenvalue weighted by Gasteiger charge is 2.41. The number of ether oxygens (including phenoxy) is 2. The molecule has 3 aromatic carbocycles. The second-order valence-electron chi connectivity index (χ2n) is 6.97. The van der Waals surface area contributed by atoms with Gasteiger partial charge in [0.25, 0.3) is 0 Å². The molecule has 0 radical (unpaired) electrons. The average Bonchev–Trinajstić information content (AvgIpc) is 2.70. The quantitative estimate of drug-likeness (QED) is 0.315. The SMILES string of the molecule is CCCc1ccc(-c2cc(F)c(C(F)(F)Oc3cc(F)c(OCF)c(F)c3)c(F)c2)c(F)c1. The van der Waals surface area contributed by atoms with E-state index in [-0.39, 0.29) is 23.3 Å². The zero-order valence-corrected chi connectivity index (χ0v) is 17.0. The molecular weight excluding hydrogens is 460 g/mol.